The molecule has 2 aromatic heterocycles. The van der Waals surface area contributed by atoms with Crippen molar-refractivity contribution in [1.29, 1.82) is 0 Å². The van der Waals surface area contributed by atoms with Gasteiger partial charge in [-0.25, -0.2) is 9.97 Å². The van der Waals surface area contributed by atoms with Gasteiger partial charge in [0.15, 0.2) is 5.82 Å². The molecule has 0 saturated carbocycles. The topological polar surface area (TPSA) is 97.0 Å². The number of hydrogen-bond acceptors (Lipinski definition) is 6. The number of aromatic nitrogens is 3. The van der Waals surface area contributed by atoms with E-state index in [-0.39, 0.29) is 11.8 Å². The lowest BCUT2D eigenvalue weighted by molar-refractivity contribution is 0.477. The summed E-state index contributed by atoms with van der Waals surface area (Å²) in [5.41, 5.74) is 8.69. The Labute approximate surface area is 159 Å². The van der Waals surface area contributed by atoms with Crippen LogP contribution >= 0.6 is 0 Å². The normalized spacial score (nSPS) is 12.1. The monoisotopic (exact) mass is 363 g/mol. The number of pyridine rings is 1. The van der Waals surface area contributed by atoms with Gasteiger partial charge in [-0.1, -0.05) is 19.9 Å². The summed E-state index contributed by atoms with van der Waals surface area (Å²) < 4.78 is 0. The summed E-state index contributed by atoms with van der Waals surface area (Å²) in [5.74, 6) is 1.84. The summed E-state index contributed by atoms with van der Waals surface area (Å²) >= 11 is 0. The van der Waals surface area contributed by atoms with Gasteiger partial charge in [-0.05, 0) is 53.8 Å². The second-order valence-electron chi connectivity index (χ2n) is 7.00. The Morgan fingerprint density at radius 1 is 1.04 bits per heavy atom. The van der Waals surface area contributed by atoms with Gasteiger partial charge in [0, 0.05) is 31.2 Å². The molecule has 0 aliphatic carbocycles. The number of hydrogen-bond donors (Lipinski definition) is 3. The summed E-state index contributed by atoms with van der Waals surface area (Å²) in [6.45, 7) is 4.94. The third-order valence-corrected chi connectivity index (χ3v) is 4.23. The van der Waals surface area contributed by atoms with E-state index in [1.54, 1.807) is 30.7 Å². The van der Waals surface area contributed by atoms with E-state index >= 15 is 0 Å². The molecule has 0 spiro atoms. The van der Waals surface area contributed by atoms with Gasteiger partial charge in [-0.3, -0.25) is 4.98 Å². The Bertz CT molecular complexity index is 883. The number of nitrogens with two attached hydrogens (primary N) is 1. The maximum Gasteiger partial charge on any atom is 0.165 e. The standard InChI is InChI=1S/C21H25N5O/c1-14(2)11-17(22)13-25-20-7-10-24-21(26-20)18-12-16(3-4-19(18)27)15-5-8-23-9-6-15/h3-10,12,14,17,27H,11,13,22H2,1-2H3,(H,24,25,26)/t17-/m1/s1. The zero-order valence-electron chi connectivity index (χ0n) is 15.6. The van der Waals surface area contributed by atoms with E-state index in [0.29, 0.717) is 29.7 Å². The van der Waals surface area contributed by atoms with Gasteiger partial charge in [0.25, 0.3) is 0 Å². The minimum absolute atomic E-state index is 0.0619. The molecule has 4 N–H and O–H groups in total. The van der Waals surface area contributed by atoms with Crippen LogP contribution in [0.15, 0.2) is 55.0 Å². The Kier molecular flexibility index (Phi) is 5.98. The van der Waals surface area contributed by atoms with Crippen LogP contribution < -0.4 is 11.1 Å². The maximum atomic E-state index is 10.3. The molecule has 0 radical (unpaired) electrons. The number of phenols is 1. The van der Waals surface area contributed by atoms with E-state index in [1.165, 1.54) is 0 Å². The Hall–Kier alpha value is -2.99. The Morgan fingerprint density at radius 2 is 1.81 bits per heavy atom. The maximum absolute atomic E-state index is 10.3. The van der Waals surface area contributed by atoms with Crippen molar-refractivity contribution in [2.24, 2.45) is 11.7 Å². The van der Waals surface area contributed by atoms with Gasteiger partial charge >= 0.3 is 0 Å². The molecule has 0 aliphatic heterocycles. The molecule has 2 heterocycles. The van der Waals surface area contributed by atoms with Gasteiger partial charge in [0.2, 0.25) is 0 Å². The second-order valence-corrected chi connectivity index (χ2v) is 7.00. The number of rotatable bonds is 7. The molecule has 0 fully saturated rings. The summed E-state index contributed by atoms with van der Waals surface area (Å²) in [6.07, 6.45) is 6.10. The van der Waals surface area contributed by atoms with Gasteiger partial charge < -0.3 is 16.2 Å². The fourth-order valence-corrected chi connectivity index (χ4v) is 2.95. The van der Waals surface area contributed by atoms with Crippen LogP contribution in [0.4, 0.5) is 5.82 Å². The third-order valence-electron chi connectivity index (χ3n) is 4.23. The van der Waals surface area contributed by atoms with Crippen molar-refractivity contribution in [2.45, 2.75) is 26.3 Å². The number of aromatic hydroxyl groups is 1. The molecule has 1 aromatic carbocycles. The van der Waals surface area contributed by atoms with E-state index in [2.05, 4.69) is 34.1 Å². The molecule has 3 aromatic rings. The van der Waals surface area contributed by atoms with Crippen LogP contribution in [0.1, 0.15) is 20.3 Å². The summed E-state index contributed by atoms with van der Waals surface area (Å²) in [6, 6.07) is 11.1. The first-order valence-electron chi connectivity index (χ1n) is 9.09. The lowest BCUT2D eigenvalue weighted by atomic mass is 10.0. The minimum Gasteiger partial charge on any atom is -0.507 e. The van der Waals surface area contributed by atoms with Crippen LogP contribution in [-0.4, -0.2) is 32.6 Å². The first-order valence-corrected chi connectivity index (χ1v) is 9.09. The SMILES string of the molecule is CC(C)C[C@@H](N)CNc1ccnc(-c2cc(-c3ccncc3)ccc2O)n1. The fourth-order valence-electron chi connectivity index (χ4n) is 2.95. The van der Waals surface area contributed by atoms with Crippen molar-refractivity contribution in [3.8, 4) is 28.3 Å². The highest BCUT2D eigenvalue weighted by Gasteiger charge is 2.11. The quantitative estimate of drug-likeness (QED) is 0.592. The Morgan fingerprint density at radius 3 is 2.56 bits per heavy atom. The Balaban J connectivity index is 1.82. The number of benzene rings is 1. The zero-order chi connectivity index (χ0) is 19.2. The molecule has 0 amide bonds. The average molecular weight is 363 g/mol. The van der Waals surface area contributed by atoms with E-state index in [1.807, 2.05) is 24.3 Å². The second kappa shape index (κ2) is 8.60. The molecule has 27 heavy (non-hydrogen) atoms. The van der Waals surface area contributed by atoms with Crippen molar-refractivity contribution in [3.05, 3.63) is 55.0 Å². The number of nitrogens with zero attached hydrogens (tertiary/aromatic N) is 3. The van der Waals surface area contributed by atoms with Crippen molar-refractivity contribution < 1.29 is 5.11 Å². The number of phenolic OH excluding ortho intramolecular Hbond substituents is 1. The van der Waals surface area contributed by atoms with Gasteiger partial charge in [0.1, 0.15) is 11.6 Å². The van der Waals surface area contributed by atoms with Crippen molar-refractivity contribution in [1.82, 2.24) is 15.0 Å². The molecule has 0 unspecified atom stereocenters. The highest BCUT2D eigenvalue weighted by molar-refractivity contribution is 5.74. The van der Waals surface area contributed by atoms with Crippen molar-refractivity contribution in [3.63, 3.8) is 0 Å². The van der Waals surface area contributed by atoms with Gasteiger partial charge in [0.05, 0.1) is 5.56 Å². The van der Waals surface area contributed by atoms with Gasteiger partial charge in [-0.15, -0.1) is 0 Å². The van der Waals surface area contributed by atoms with Gasteiger partial charge in [-0.2, -0.15) is 0 Å². The summed E-state index contributed by atoms with van der Waals surface area (Å²) in [4.78, 5) is 12.9. The smallest absolute Gasteiger partial charge is 0.165 e. The lowest BCUT2D eigenvalue weighted by Crippen LogP contribution is -2.30. The highest BCUT2D eigenvalue weighted by Crippen LogP contribution is 2.31. The van der Waals surface area contributed by atoms with Crippen LogP contribution in [0.25, 0.3) is 22.5 Å². The average Bonchev–Trinajstić information content (AvgIpc) is 2.67. The van der Waals surface area contributed by atoms with E-state index in [0.717, 1.165) is 17.5 Å². The number of nitrogens with one attached hydrogen (secondary N) is 1. The van der Waals surface area contributed by atoms with E-state index in [4.69, 9.17) is 5.73 Å². The molecule has 3 rings (SSSR count). The molecule has 0 bridgehead atoms. The van der Waals surface area contributed by atoms with Crippen LogP contribution in [0.3, 0.4) is 0 Å². The fraction of sp³-hybridized carbons (Fsp3) is 0.286. The summed E-state index contributed by atoms with van der Waals surface area (Å²) in [7, 11) is 0. The van der Waals surface area contributed by atoms with Crippen LogP contribution in [0.2, 0.25) is 0 Å². The molecular weight excluding hydrogens is 338 g/mol. The first kappa shape index (κ1) is 18.8. The zero-order valence-corrected chi connectivity index (χ0v) is 15.6. The molecule has 0 aliphatic rings. The molecular formula is C21H25N5O. The predicted octanol–water partition coefficient (Wildman–Crippen LogP) is 3.70. The molecule has 6 nitrogen and oxygen atoms in total. The van der Waals surface area contributed by atoms with Crippen molar-refractivity contribution in [2.75, 3.05) is 11.9 Å². The van der Waals surface area contributed by atoms with Crippen LogP contribution in [0.5, 0.6) is 5.75 Å². The van der Waals surface area contributed by atoms with Crippen LogP contribution in [-0.2, 0) is 0 Å². The largest absolute Gasteiger partial charge is 0.507 e. The molecule has 0 saturated heterocycles. The first-order chi connectivity index (χ1) is 13.0. The van der Waals surface area contributed by atoms with Crippen molar-refractivity contribution >= 4 is 5.82 Å². The van der Waals surface area contributed by atoms with Crippen LogP contribution in [0, 0.1) is 5.92 Å². The van der Waals surface area contributed by atoms with E-state index < -0.39 is 0 Å². The predicted molar refractivity (Wildman–Crippen MR) is 108 cm³/mol. The molecule has 1 atom stereocenters. The minimum atomic E-state index is 0.0619. The third kappa shape index (κ3) is 5.01. The lowest BCUT2D eigenvalue weighted by Gasteiger charge is -2.15. The molecule has 140 valence electrons. The number of anilines is 1. The summed E-state index contributed by atoms with van der Waals surface area (Å²) in [5, 5.41) is 13.6. The highest BCUT2D eigenvalue weighted by atomic mass is 16.3. The molecule has 6 heteroatoms. The van der Waals surface area contributed by atoms with E-state index in [9.17, 15) is 5.11 Å².